The van der Waals surface area contributed by atoms with Gasteiger partial charge in [0, 0.05) is 17.6 Å². The van der Waals surface area contributed by atoms with Gasteiger partial charge in [0.05, 0.1) is 6.34 Å². The fraction of sp³-hybridized carbons (Fsp3) is 0. The topological polar surface area (TPSA) is 24.4 Å². The first-order valence-corrected chi connectivity index (χ1v) is 3.50. The normalized spacial score (nSPS) is 12.3. The van der Waals surface area contributed by atoms with Crippen molar-refractivity contribution in [2.75, 3.05) is 0 Å². The van der Waals surface area contributed by atoms with Crippen LogP contribution in [-0.2, 0) is 0 Å². The van der Waals surface area contributed by atoms with Crippen molar-refractivity contribution in [2.45, 2.75) is 0 Å². The highest BCUT2D eigenvalue weighted by Crippen LogP contribution is 1.74. The molecule has 0 aromatic heterocycles. The van der Waals surface area contributed by atoms with E-state index in [0.29, 0.717) is 0 Å². The number of hydrogen-bond donors (Lipinski definition) is 1. The predicted molar refractivity (Wildman–Crippen MR) is 53.5 cm³/mol. The molecule has 0 spiro atoms. The quantitative estimate of drug-likeness (QED) is 0.607. The van der Waals surface area contributed by atoms with Gasteiger partial charge in [-0.3, -0.25) is 0 Å². The fourth-order valence-corrected chi connectivity index (χ4v) is 1.05. The molecule has 1 heterocycles. The number of aliphatic imine (C=N–C) groups is 1. The van der Waals surface area contributed by atoms with Crippen LogP contribution in [0, 0.1) is 0 Å². The Morgan fingerprint density at radius 3 is 2.67 bits per heavy atom. The number of nitrogens with one attached hydrogen (secondary N) is 1. The Kier molecular flexibility index (Phi) is 2.88. The smallest absolute Gasteiger partial charge is 0.0918 e. The van der Waals surface area contributed by atoms with Crippen molar-refractivity contribution in [1.82, 2.24) is 5.32 Å². The molecule has 0 atom stereocenters. The van der Waals surface area contributed by atoms with Gasteiger partial charge in [-0.2, -0.15) is 0 Å². The molecule has 1 aromatic rings. The zero-order valence-electron chi connectivity index (χ0n) is 6.40. The Morgan fingerprint density at radius 2 is 1.83 bits per heavy atom. The van der Waals surface area contributed by atoms with E-state index in [1.54, 1.807) is 6.34 Å². The second-order valence-electron chi connectivity index (χ2n) is 2.35. The van der Waals surface area contributed by atoms with Crippen molar-refractivity contribution in [2.24, 2.45) is 4.99 Å². The van der Waals surface area contributed by atoms with Gasteiger partial charge in [-0.15, -0.1) is 12.4 Å². The van der Waals surface area contributed by atoms with Crippen LogP contribution < -0.4 is 15.8 Å². The van der Waals surface area contributed by atoms with Gasteiger partial charge in [-0.1, -0.05) is 24.3 Å². The second-order valence-corrected chi connectivity index (χ2v) is 2.35. The van der Waals surface area contributed by atoms with Crippen LogP contribution in [0.3, 0.4) is 0 Å². The molecule has 2 rings (SSSR count). The van der Waals surface area contributed by atoms with Crippen molar-refractivity contribution in [3.8, 4) is 0 Å². The summed E-state index contributed by atoms with van der Waals surface area (Å²) in [5, 5.41) is 5.27. The number of nitrogens with zero attached hydrogens (tertiary/aromatic N) is 1. The third kappa shape index (κ3) is 1.66. The minimum Gasteiger partial charge on any atom is -0.352 e. The van der Waals surface area contributed by atoms with Crippen LogP contribution in [0.5, 0.6) is 0 Å². The number of rotatable bonds is 0. The molecule has 1 N–H and O–H groups in total. The van der Waals surface area contributed by atoms with Gasteiger partial charge < -0.3 is 5.32 Å². The zero-order chi connectivity index (χ0) is 7.52. The summed E-state index contributed by atoms with van der Waals surface area (Å²) in [5.41, 5.74) is 0. The van der Waals surface area contributed by atoms with Crippen molar-refractivity contribution in [3.05, 3.63) is 34.7 Å². The van der Waals surface area contributed by atoms with E-state index in [4.69, 9.17) is 0 Å². The van der Waals surface area contributed by atoms with Gasteiger partial charge in [0.1, 0.15) is 0 Å². The molecule has 3 heteroatoms. The number of benzene rings is 1. The van der Waals surface area contributed by atoms with Gasteiger partial charge in [-0.25, -0.2) is 4.99 Å². The predicted octanol–water partition coefficient (Wildman–Crippen LogP) is 0.216. The van der Waals surface area contributed by atoms with E-state index in [1.807, 2.05) is 36.7 Å². The monoisotopic (exact) mass is 180 g/mol. The van der Waals surface area contributed by atoms with Crippen molar-refractivity contribution >= 4 is 31.1 Å². The fourth-order valence-electron chi connectivity index (χ4n) is 1.05. The summed E-state index contributed by atoms with van der Waals surface area (Å²) < 4.78 is 0. The van der Waals surface area contributed by atoms with Crippen molar-refractivity contribution in [3.63, 3.8) is 0 Å². The van der Waals surface area contributed by atoms with Crippen LogP contribution in [0.4, 0.5) is 0 Å². The Morgan fingerprint density at radius 1 is 1.08 bits per heavy atom. The molecule has 0 aliphatic carbocycles. The molecule has 62 valence electrons. The van der Waals surface area contributed by atoms with Crippen molar-refractivity contribution in [1.29, 1.82) is 0 Å². The molecule has 0 bridgehead atoms. The van der Waals surface area contributed by atoms with E-state index >= 15 is 0 Å². The van der Waals surface area contributed by atoms with Crippen LogP contribution in [0.2, 0.25) is 0 Å². The summed E-state index contributed by atoms with van der Waals surface area (Å²) in [7, 11) is 0. The molecular weight excluding hydrogens is 172 g/mol. The van der Waals surface area contributed by atoms with Crippen LogP contribution in [0.1, 0.15) is 0 Å². The summed E-state index contributed by atoms with van der Waals surface area (Å²) in [5.74, 6) is 0. The second kappa shape index (κ2) is 3.93. The molecular formula is C9H9ClN2. The molecule has 0 fully saturated rings. The van der Waals surface area contributed by atoms with Crippen LogP contribution in [0.15, 0.2) is 29.3 Å². The molecule has 0 amide bonds. The van der Waals surface area contributed by atoms with Gasteiger partial charge in [-0.05, 0) is 5.22 Å². The minimum absolute atomic E-state index is 0. The third-order valence-corrected chi connectivity index (χ3v) is 1.60. The van der Waals surface area contributed by atoms with E-state index in [2.05, 4.69) is 10.3 Å². The van der Waals surface area contributed by atoms with Crippen molar-refractivity contribution < 1.29 is 0 Å². The number of halogens is 1. The summed E-state index contributed by atoms with van der Waals surface area (Å²) in [4.78, 5) is 4.02. The third-order valence-electron chi connectivity index (χ3n) is 1.60. The Bertz CT molecular complexity index is 395. The first-order chi connectivity index (χ1) is 5.47. The van der Waals surface area contributed by atoms with Gasteiger partial charge >= 0.3 is 0 Å². The molecule has 0 radical (unpaired) electrons. The highest BCUT2D eigenvalue weighted by atomic mass is 35.5. The molecule has 0 saturated carbocycles. The average Bonchev–Trinajstić information content (AvgIpc) is 2.28. The highest BCUT2D eigenvalue weighted by Gasteiger charge is 1.84. The molecule has 1 aliphatic rings. The summed E-state index contributed by atoms with van der Waals surface area (Å²) in [6, 6.07) is 8.10. The zero-order valence-corrected chi connectivity index (χ0v) is 7.21. The van der Waals surface area contributed by atoms with E-state index in [9.17, 15) is 0 Å². The SMILES string of the molecule is C1=NC=c2ccccc2=CN1.Cl. The van der Waals surface area contributed by atoms with Crippen LogP contribution >= 0.6 is 12.4 Å². The Hall–Kier alpha value is -1.28. The average molecular weight is 181 g/mol. The maximum absolute atomic E-state index is 4.02. The Balaban J connectivity index is 0.000000720. The standard InChI is InChI=1S/C9H8N2.ClH/c1-2-4-9-6-11-7-10-5-8(9)3-1;/h1-7H,(H,10,11);1H. The molecule has 1 aromatic carbocycles. The molecule has 0 saturated heterocycles. The molecule has 1 aliphatic heterocycles. The van der Waals surface area contributed by atoms with E-state index < -0.39 is 0 Å². The lowest BCUT2D eigenvalue weighted by molar-refractivity contribution is 1.40. The summed E-state index contributed by atoms with van der Waals surface area (Å²) >= 11 is 0. The largest absolute Gasteiger partial charge is 0.352 e. The Labute approximate surface area is 76.7 Å². The molecule has 2 nitrogen and oxygen atoms in total. The van der Waals surface area contributed by atoms with Gasteiger partial charge in [0.2, 0.25) is 0 Å². The number of hydrogen-bond acceptors (Lipinski definition) is 2. The minimum atomic E-state index is 0. The maximum atomic E-state index is 4.02. The highest BCUT2D eigenvalue weighted by molar-refractivity contribution is 5.85. The van der Waals surface area contributed by atoms with E-state index in [-0.39, 0.29) is 12.4 Å². The lowest BCUT2D eigenvalue weighted by Gasteiger charge is -1.85. The molecule has 12 heavy (non-hydrogen) atoms. The molecule has 0 unspecified atom stereocenters. The van der Waals surface area contributed by atoms with Gasteiger partial charge in [0.15, 0.2) is 0 Å². The first-order valence-electron chi connectivity index (χ1n) is 3.50. The summed E-state index contributed by atoms with van der Waals surface area (Å²) in [6.07, 6.45) is 5.44. The number of fused-ring (bicyclic) bond motifs is 1. The lowest BCUT2D eigenvalue weighted by Crippen LogP contribution is -2.24. The van der Waals surface area contributed by atoms with Crippen LogP contribution in [-0.4, -0.2) is 6.34 Å². The maximum Gasteiger partial charge on any atom is 0.0918 e. The van der Waals surface area contributed by atoms with Gasteiger partial charge in [0.25, 0.3) is 0 Å². The van der Waals surface area contributed by atoms with E-state index in [1.165, 1.54) is 5.22 Å². The first kappa shape index (κ1) is 8.81. The summed E-state index contributed by atoms with van der Waals surface area (Å²) in [6.45, 7) is 0. The van der Waals surface area contributed by atoms with Crippen LogP contribution in [0.25, 0.3) is 12.4 Å². The van der Waals surface area contributed by atoms with E-state index in [0.717, 1.165) is 5.22 Å². The lowest BCUT2D eigenvalue weighted by atomic mass is 10.2.